The van der Waals surface area contributed by atoms with Crippen LogP contribution in [0, 0.1) is 11.8 Å². The normalized spacial score (nSPS) is 19.9. The van der Waals surface area contributed by atoms with Gasteiger partial charge in [0.15, 0.2) is 0 Å². The molecule has 4 aliphatic heterocycles. The van der Waals surface area contributed by atoms with E-state index in [2.05, 4.69) is 27.8 Å². The van der Waals surface area contributed by atoms with Gasteiger partial charge >= 0.3 is 13.3 Å². The van der Waals surface area contributed by atoms with Gasteiger partial charge in [0, 0.05) is 88.7 Å². The highest BCUT2D eigenvalue weighted by atomic mass is 35.5. The summed E-state index contributed by atoms with van der Waals surface area (Å²) >= 11 is 8.26. The van der Waals surface area contributed by atoms with E-state index in [-0.39, 0.29) is 86.1 Å². The van der Waals surface area contributed by atoms with Crippen LogP contribution < -0.4 is 21.7 Å². The zero-order valence-electron chi connectivity index (χ0n) is 42.3. The molecule has 414 valence electrons. The second-order valence-electron chi connectivity index (χ2n) is 19.8. The Morgan fingerprint density at radius 3 is 2.51 bits per heavy atom. The van der Waals surface area contributed by atoms with Crippen LogP contribution in [0.3, 0.4) is 0 Å². The van der Waals surface area contributed by atoms with Crippen molar-refractivity contribution in [2.45, 2.75) is 119 Å². The molecule has 3 saturated heterocycles. The molecule has 0 radical (unpaired) electrons. The first-order valence-corrected chi connectivity index (χ1v) is 29.3. The first-order chi connectivity index (χ1) is 37.7. The molecular formula is C54H54ClF2N8O11PS2. The summed E-state index contributed by atoms with van der Waals surface area (Å²) in [5.74, 6) is 2.33. The summed E-state index contributed by atoms with van der Waals surface area (Å²) in [5.41, 5.74) is 3.30. The number of thiazole rings is 1. The minimum atomic E-state index is -5.90. The average molecular weight is 1160 g/mol. The first-order valence-electron chi connectivity index (χ1n) is 25.6. The van der Waals surface area contributed by atoms with E-state index in [1.165, 1.54) is 38.2 Å². The lowest BCUT2D eigenvalue weighted by Crippen LogP contribution is -2.61. The Hall–Kier alpha value is -6.93. The van der Waals surface area contributed by atoms with Crippen LogP contribution in [0.15, 0.2) is 72.1 Å². The van der Waals surface area contributed by atoms with Crippen LogP contribution in [0.4, 0.5) is 8.78 Å². The number of aromatic nitrogens is 1. The Balaban J connectivity index is 0.881. The van der Waals surface area contributed by atoms with E-state index in [1.54, 1.807) is 36.4 Å². The molecule has 0 bridgehead atoms. The van der Waals surface area contributed by atoms with Gasteiger partial charge in [-0.3, -0.25) is 48.2 Å². The number of halogens is 3. The molecule has 2 aromatic heterocycles. The molecule has 25 heteroatoms. The second kappa shape index (κ2) is 23.8. The van der Waals surface area contributed by atoms with E-state index in [0.717, 1.165) is 29.0 Å². The number of nitrogens with one attached hydrogen (secondary N) is 3. The highest BCUT2D eigenvalue weighted by Crippen LogP contribution is 2.59. The fraction of sp³-hybridized carbons (Fsp3) is 0.389. The number of carbonyl (C=O) groups excluding carboxylic acids is 8. The molecule has 9 rings (SSSR count). The van der Waals surface area contributed by atoms with Crippen molar-refractivity contribution in [2.24, 2.45) is 5.73 Å². The van der Waals surface area contributed by atoms with Gasteiger partial charge in [-0.2, -0.15) is 8.78 Å². The van der Waals surface area contributed by atoms with Crippen LogP contribution in [0.2, 0.25) is 5.02 Å². The van der Waals surface area contributed by atoms with Crippen LogP contribution in [0.1, 0.15) is 125 Å². The Labute approximate surface area is 464 Å². The number of benzene rings is 3. The van der Waals surface area contributed by atoms with Crippen molar-refractivity contribution in [1.82, 2.24) is 35.6 Å². The third-order valence-corrected chi connectivity index (χ3v) is 17.9. The molecule has 8 amide bonds. The standard InChI is InChI=1S/C54H54ClF2N8O11PS2/c55-34-14-11-31(12-15-34)40-29-78-51(61-40)38(17-21-45(58)66)59-49(70)42-18-16-35-23-24-63(28-39(53(73)65(35)42)60-50(71)44-26-32-25-33(13-20-43(32)79-44)54(56,57)77(74,75)76)47(68)10-5-3-1-2-4-7-30-8-6-9-36-37(30)27-64(52(36)72)41-19-22-46(67)62-48(41)69/h6,8-9,11-15,20,25-26,29,35,38-39,41-42H,1-3,5,10,16-19,21-24,27-28H2,(H2,58,66)(H,59,70)(H,60,71)(H,62,67,69)(H2,74,75,76)/t35-,38?,39+,41?,42+/m1/s1. The maximum Gasteiger partial charge on any atom is 0.399 e. The molecule has 0 aliphatic carbocycles. The molecule has 3 fully saturated rings. The molecule has 2 unspecified atom stereocenters. The molecule has 4 aliphatic rings. The van der Waals surface area contributed by atoms with Crippen molar-refractivity contribution in [3.8, 4) is 23.1 Å². The van der Waals surface area contributed by atoms with E-state index in [1.807, 2.05) is 11.4 Å². The summed E-state index contributed by atoms with van der Waals surface area (Å²) in [6, 6.07) is 12.0. The molecule has 5 aromatic rings. The number of imide groups is 1. The lowest BCUT2D eigenvalue weighted by molar-refractivity contribution is -0.145. The maximum atomic E-state index is 15.0. The Kier molecular flexibility index (Phi) is 17.1. The third-order valence-electron chi connectivity index (χ3n) is 14.6. The van der Waals surface area contributed by atoms with E-state index in [0.29, 0.717) is 75.6 Å². The Bertz CT molecular complexity index is 3380. The molecule has 6 heterocycles. The highest BCUT2D eigenvalue weighted by Gasteiger charge is 2.51. The monoisotopic (exact) mass is 1160 g/mol. The first kappa shape index (κ1) is 56.8. The quantitative estimate of drug-likeness (QED) is 0.0253. The number of piperidine rings is 1. The van der Waals surface area contributed by atoms with E-state index < -0.39 is 78.6 Å². The second-order valence-corrected chi connectivity index (χ2v) is 23.9. The van der Waals surface area contributed by atoms with Crippen molar-refractivity contribution in [1.29, 1.82) is 0 Å². The molecule has 0 spiro atoms. The number of primary amides is 1. The summed E-state index contributed by atoms with van der Waals surface area (Å²) in [6.45, 7) is 0.0994. The lowest BCUT2D eigenvalue weighted by atomic mass is 10.0. The van der Waals surface area contributed by atoms with Gasteiger partial charge in [-0.1, -0.05) is 54.1 Å². The number of amides is 8. The average Bonchev–Trinajstić information content (AvgIpc) is 4.41. The zero-order chi connectivity index (χ0) is 56.3. The van der Waals surface area contributed by atoms with E-state index >= 15 is 0 Å². The minimum Gasteiger partial charge on any atom is -0.370 e. The largest absolute Gasteiger partial charge is 0.399 e. The maximum absolute atomic E-state index is 15.0. The number of hydrogen-bond donors (Lipinski definition) is 6. The fourth-order valence-electron chi connectivity index (χ4n) is 10.4. The van der Waals surface area contributed by atoms with Gasteiger partial charge in [0.2, 0.25) is 35.4 Å². The van der Waals surface area contributed by atoms with Crippen LogP contribution in [-0.4, -0.2) is 114 Å². The van der Waals surface area contributed by atoms with Crippen LogP contribution >= 0.6 is 41.9 Å². The number of hydrogen-bond acceptors (Lipinski definition) is 12. The van der Waals surface area contributed by atoms with Crippen molar-refractivity contribution >= 4 is 99.2 Å². The highest BCUT2D eigenvalue weighted by molar-refractivity contribution is 7.52. The summed E-state index contributed by atoms with van der Waals surface area (Å²) < 4.78 is 41.4. The summed E-state index contributed by atoms with van der Waals surface area (Å²) in [6.07, 6.45) is 3.66. The van der Waals surface area contributed by atoms with Gasteiger partial charge in [0.05, 0.1) is 16.6 Å². The van der Waals surface area contributed by atoms with Gasteiger partial charge in [-0.25, -0.2) is 4.98 Å². The predicted molar refractivity (Wildman–Crippen MR) is 288 cm³/mol. The number of alkyl halides is 2. The predicted octanol–water partition coefficient (Wildman–Crippen LogP) is 6.48. The lowest BCUT2D eigenvalue weighted by Gasteiger charge is -2.39. The topological polar surface area (TPSA) is 279 Å². The summed E-state index contributed by atoms with van der Waals surface area (Å²) in [5, 5.41) is 11.0. The number of nitrogens with zero attached hydrogens (tertiary/aromatic N) is 4. The molecule has 19 nitrogen and oxygen atoms in total. The Morgan fingerprint density at radius 2 is 1.76 bits per heavy atom. The van der Waals surface area contributed by atoms with Crippen molar-refractivity contribution < 1.29 is 61.5 Å². The zero-order valence-corrected chi connectivity index (χ0v) is 45.5. The van der Waals surface area contributed by atoms with Crippen LogP contribution in [0.25, 0.3) is 21.3 Å². The van der Waals surface area contributed by atoms with Gasteiger partial charge in [0.25, 0.3) is 11.8 Å². The number of rotatable bonds is 17. The number of nitrogens with two attached hydrogens (primary N) is 1. The number of thiophene rings is 1. The van der Waals surface area contributed by atoms with Crippen LogP contribution in [-0.2, 0) is 45.5 Å². The number of carbonyl (C=O) groups is 8. The molecular weight excluding hydrogens is 1110 g/mol. The minimum absolute atomic E-state index is 0.0206. The van der Waals surface area contributed by atoms with Crippen molar-refractivity contribution in [3.63, 3.8) is 0 Å². The van der Waals surface area contributed by atoms with Gasteiger partial charge in [-0.05, 0) is 98.4 Å². The SMILES string of the molecule is NC(=O)CCC(NC(=O)[C@@H]1CC[C@@H]2CCN(C(=O)CCCCCC#Cc3cccc4c3CN(C3CCC(=O)NC3=O)C4=O)C[C@H](NC(=O)c3cc4cc(C(F)(F)P(=O)(O)O)ccc4s3)C(=O)N21)c1nc(-c2ccc(Cl)cc2)cs1. The van der Waals surface area contributed by atoms with Crippen molar-refractivity contribution in [3.05, 3.63) is 109 Å². The number of unbranched alkanes of at least 4 members (excludes halogenated alkanes) is 3. The van der Waals surface area contributed by atoms with Gasteiger partial charge in [0.1, 0.15) is 23.1 Å². The summed E-state index contributed by atoms with van der Waals surface area (Å²) in [4.78, 5) is 135. The molecule has 5 atom stereocenters. The van der Waals surface area contributed by atoms with Gasteiger partial charge in [-0.15, -0.1) is 22.7 Å². The molecule has 7 N–H and O–H groups in total. The van der Waals surface area contributed by atoms with Crippen molar-refractivity contribution in [2.75, 3.05) is 13.1 Å². The van der Waals surface area contributed by atoms with E-state index in [9.17, 15) is 61.5 Å². The summed E-state index contributed by atoms with van der Waals surface area (Å²) in [7, 11) is -5.90. The number of fused-ring (bicyclic) bond motifs is 3. The Morgan fingerprint density at radius 1 is 0.975 bits per heavy atom. The molecule has 79 heavy (non-hydrogen) atoms. The molecule has 0 saturated carbocycles. The molecule has 3 aromatic carbocycles. The van der Waals surface area contributed by atoms with Crippen LogP contribution in [0.5, 0.6) is 0 Å². The van der Waals surface area contributed by atoms with E-state index in [4.69, 9.17) is 22.3 Å². The third kappa shape index (κ3) is 12.6. The smallest absolute Gasteiger partial charge is 0.370 e. The van der Waals surface area contributed by atoms with Gasteiger partial charge < -0.3 is 40.9 Å². The fourth-order valence-corrected chi connectivity index (χ4v) is 12.9.